The molecule has 0 radical (unpaired) electrons. The molecule has 2 heterocycles. The number of rotatable bonds is 6. The summed E-state index contributed by atoms with van der Waals surface area (Å²) in [6.45, 7) is 1.48. The number of aromatic amines is 1. The number of fused-ring (bicyclic) bond motifs is 1. The summed E-state index contributed by atoms with van der Waals surface area (Å²) in [5.41, 5.74) is 2.50. The molecule has 2 aromatic rings. The summed E-state index contributed by atoms with van der Waals surface area (Å²) in [5, 5.41) is 9.60. The first-order chi connectivity index (χ1) is 13.7. The van der Waals surface area contributed by atoms with Crippen LogP contribution in [0.1, 0.15) is 58.5 Å². The average Bonchev–Trinajstić information content (AvgIpc) is 3.16. The van der Waals surface area contributed by atoms with Crippen molar-refractivity contribution >= 4 is 17.4 Å². The second-order valence-electron chi connectivity index (χ2n) is 7.31. The van der Waals surface area contributed by atoms with Gasteiger partial charge in [-0.05, 0) is 62.9 Å². The van der Waals surface area contributed by atoms with Gasteiger partial charge >= 0.3 is 0 Å². The molecule has 1 amide bonds. The van der Waals surface area contributed by atoms with Crippen molar-refractivity contribution < 1.29 is 14.3 Å². The molecule has 1 aliphatic heterocycles. The van der Waals surface area contributed by atoms with Gasteiger partial charge < -0.3 is 20.4 Å². The van der Waals surface area contributed by atoms with Crippen molar-refractivity contribution in [2.75, 3.05) is 18.6 Å². The highest BCUT2D eigenvalue weighted by molar-refractivity contribution is 6.13. The molecule has 1 unspecified atom stereocenters. The van der Waals surface area contributed by atoms with Gasteiger partial charge in [0.25, 0.3) is 5.91 Å². The maximum atomic E-state index is 12.6. The van der Waals surface area contributed by atoms with Gasteiger partial charge in [0.2, 0.25) is 0 Å². The van der Waals surface area contributed by atoms with Crippen LogP contribution in [-0.4, -0.2) is 36.1 Å². The Labute approximate surface area is 164 Å². The maximum absolute atomic E-state index is 12.6. The van der Waals surface area contributed by atoms with Gasteiger partial charge in [-0.25, -0.2) is 0 Å². The van der Waals surface area contributed by atoms with Gasteiger partial charge in [0, 0.05) is 24.0 Å². The number of ketones is 1. The number of hydrogen-bond donors (Lipinski definition) is 4. The molecule has 4 N–H and O–H groups in total. The SMILES string of the molecule is O=C(Nc1ccc(OCNC2CCCCN2)cc1)c1c[nH]c2c1C(=O)CCC2. The fourth-order valence-corrected chi connectivity index (χ4v) is 3.80. The number of ether oxygens (including phenoxy) is 1. The molecular weight excluding hydrogens is 356 g/mol. The van der Waals surface area contributed by atoms with Crippen LogP contribution in [0.4, 0.5) is 5.69 Å². The van der Waals surface area contributed by atoms with Crippen LogP contribution in [0.3, 0.4) is 0 Å². The Morgan fingerprint density at radius 1 is 1.14 bits per heavy atom. The molecular formula is C21H26N4O3. The molecule has 7 heteroatoms. The van der Waals surface area contributed by atoms with E-state index in [1.165, 1.54) is 12.8 Å². The van der Waals surface area contributed by atoms with Crippen LogP contribution in [-0.2, 0) is 6.42 Å². The first-order valence-corrected chi connectivity index (χ1v) is 9.95. The van der Waals surface area contributed by atoms with Gasteiger partial charge in [0.05, 0.1) is 17.3 Å². The third kappa shape index (κ3) is 4.26. The Bertz CT molecular complexity index is 838. The second-order valence-corrected chi connectivity index (χ2v) is 7.31. The van der Waals surface area contributed by atoms with Crippen molar-refractivity contribution in [1.82, 2.24) is 15.6 Å². The Morgan fingerprint density at radius 3 is 2.79 bits per heavy atom. The number of benzene rings is 1. The van der Waals surface area contributed by atoms with Gasteiger partial charge in [0.15, 0.2) is 5.78 Å². The predicted octanol–water partition coefficient (Wildman–Crippen LogP) is 2.81. The first kappa shape index (κ1) is 18.7. The van der Waals surface area contributed by atoms with Crippen LogP contribution in [0.25, 0.3) is 0 Å². The number of anilines is 1. The number of nitrogens with one attached hydrogen (secondary N) is 4. The van der Waals surface area contributed by atoms with Gasteiger partial charge in [-0.3, -0.25) is 14.9 Å². The Hall–Kier alpha value is -2.64. The minimum Gasteiger partial charge on any atom is -0.478 e. The molecule has 1 saturated heterocycles. The normalized spacial score (nSPS) is 19.1. The van der Waals surface area contributed by atoms with E-state index in [1.54, 1.807) is 18.3 Å². The largest absolute Gasteiger partial charge is 0.478 e. The summed E-state index contributed by atoms with van der Waals surface area (Å²) in [5.74, 6) is 0.498. The van der Waals surface area contributed by atoms with Crippen LogP contribution in [0, 0.1) is 0 Å². The third-order valence-corrected chi connectivity index (χ3v) is 5.31. The quantitative estimate of drug-likeness (QED) is 0.576. The van der Waals surface area contributed by atoms with Crippen molar-refractivity contribution in [2.45, 2.75) is 44.7 Å². The lowest BCUT2D eigenvalue weighted by Gasteiger charge is -2.24. The monoisotopic (exact) mass is 382 g/mol. The summed E-state index contributed by atoms with van der Waals surface area (Å²) in [7, 11) is 0. The highest BCUT2D eigenvalue weighted by Crippen LogP contribution is 2.25. The van der Waals surface area contributed by atoms with E-state index < -0.39 is 0 Å². The second kappa shape index (κ2) is 8.58. The topological polar surface area (TPSA) is 95.2 Å². The van der Waals surface area contributed by atoms with E-state index in [2.05, 4.69) is 20.9 Å². The number of hydrogen-bond acceptors (Lipinski definition) is 5. The zero-order valence-corrected chi connectivity index (χ0v) is 15.8. The molecule has 4 rings (SSSR count). The molecule has 0 spiro atoms. The summed E-state index contributed by atoms with van der Waals surface area (Å²) in [4.78, 5) is 27.8. The number of carbonyl (C=O) groups excluding carboxylic acids is 2. The lowest BCUT2D eigenvalue weighted by Crippen LogP contribution is -2.46. The van der Waals surface area contributed by atoms with Crippen molar-refractivity contribution in [3.63, 3.8) is 0 Å². The van der Waals surface area contributed by atoms with E-state index in [0.29, 0.717) is 36.1 Å². The van der Waals surface area contributed by atoms with Crippen LogP contribution in [0.5, 0.6) is 5.75 Å². The van der Waals surface area contributed by atoms with Crippen molar-refractivity contribution in [3.05, 3.63) is 47.3 Å². The number of Topliss-reactive ketones (excluding diaryl/α,β-unsaturated/α-hetero) is 1. The van der Waals surface area contributed by atoms with Crippen LogP contribution in [0.2, 0.25) is 0 Å². The van der Waals surface area contributed by atoms with Gasteiger partial charge in [0.1, 0.15) is 12.5 Å². The number of carbonyl (C=O) groups is 2. The number of aryl methyl sites for hydroxylation is 1. The summed E-state index contributed by atoms with van der Waals surface area (Å²) >= 11 is 0. The molecule has 0 bridgehead atoms. The van der Waals surface area contributed by atoms with Gasteiger partial charge in [-0.2, -0.15) is 0 Å². The third-order valence-electron chi connectivity index (χ3n) is 5.31. The van der Waals surface area contributed by atoms with Gasteiger partial charge in [-0.1, -0.05) is 0 Å². The predicted molar refractivity (Wildman–Crippen MR) is 107 cm³/mol. The number of piperidine rings is 1. The summed E-state index contributed by atoms with van der Waals surface area (Å²) < 4.78 is 5.72. The zero-order valence-electron chi connectivity index (χ0n) is 15.8. The Morgan fingerprint density at radius 2 is 2.00 bits per heavy atom. The number of H-pyrrole nitrogens is 1. The molecule has 0 saturated carbocycles. The average molecular weight is 382 g/mol. The lowest BCUT2D eigenvalue weighted by molar-refractivity contribution is 0.0956. The van der Waals surface area contributed by atoms with Crippen LogP contribution < -0.4 is 20.7 Å². The fourth-order valence-electron chi connectivity index (χ4n) is 3.80. The van der Waals surface area contributed by atoms with Crippen molar-refractivity contribution in [2.24, 2.45) is 0 Å². The first-order valence-electron chi connectivity index (χ1n) is 9.95. The van der Waals surface area contributed by atoms with Crippen molar-refractivity contribution in [3.8, 4) is 5.75 Å². The molecule has 148 valence electrons. The minimum atomic E-state index is -0.272. The van der Waals surface area contributed by atoms with Gasteiger partial charge in [-0.15, -0.1) is 0 Å². The molecule has 1 aromatic carbocycles. The molecule has 28 heavy (non-hydrogen) atoms. The Kier molecular flexibility index (Phi) is 5.73. The van der Waals surface area contributed by atoms with E-state index in [4.69, 9.17) is 4.74 Å². The van der Waals surface area contributed by atoms with E-state index in [-0.39, 0.29) is 11.7 Å². The van der Waals surface area contributed by atoms with E-state index >= 15 is 0 Å². The highest BCUT2D eigenvalue weighted by atomic mass is 16.5. The maximum Gasteiger partial charge on any atom is 0.257 e. The van der Waals surface area contributed by atoms with Crippen LogP contribution >= 0.6 is 0 Å². The lowest BCUT2D eigenvalue weighted by atomic mass is 9.93. The molecule has 1 fully saturated rings. The van der Waals surface area contributed by atoms with E-state index in [9.17, 15) is 9.59 Å². The van der Waals surface area contributed by atoms with Crippen molar-refractivity contribution in [1.29, 1.82) is 0 Å². The zero-order chi connectivity index (χ0) is 19.3. The molecule has 2 aliphatic rings. The smallest absolute Gasteiger partial charge is 0.257 e. The minimum absolute atomic E-state index is 0.0383. The Balaban J connectivity index is 1.31. The van der Waals surface area contributed by atoms with Crippen LogP contribution in [0.15, 0.2) is 30.5 Å². The van der Waals surface area contributed by atoms with E-state index in [0.717, 1.165) is 37.3 Å². The van der Waals surface area contributed by atoms with E-state index in [1.807, 2.05) is 12.1 Å². The standard InChI is InChI=1S/C21H26N4O3/c26-18-5-3-4-17-20(18)16(12-23-17)21(27)25-14-7-9-15(10-8-14)28-13-24-19-6-1-2-11-22-19/h7-10,12,19,22-24H,1-6,11,13H2,(H,25,27). The number of amides is 1. The molecule has 1 aromatic heterocycles. The molecule has 7 nitrogen and oxygen atoms in total. The summed E-state index contributed by atoms with van der Waals surface area (Å²) in [6.07, 6.45) is 7.65. The highest BCUT2D eigenvalue weighted by Gasteiger charge is 2.25. The molecule has 1 atom stereocenters. The fraction of sp³-hybridized carbons (Fsp3) is 0.429. The number of aromatic nitrogens is 1. The molecule has 1 aliphatic carbocycles. The summed E-state index contributed by atoms with van der Waals surface area (Å²) in [6, 6.07) is 7.24.